The van der Waals surface area contributed by atoms with Gasteiger partial charge in [0.15, 0.2) is 5.58 Å². The number of oxazole rings is 1. The highest BCUT2D eigenvalue weighted by atomic mass is 32.1. The van der Waals surface area contributed by atoms with E-state index in [2.05, 4.69) is 11.9 Å². The van der Waals surface area contributed by atoms with E-state index in [4.69, 9.17) is 10.2 Å². The van der Waals surface area contributed by atoms with Crippen LogP contribution in [0.25, 0.3) is 33.0 Å². The molecule has 0 bridgehead atoms. The van der Waals surface area contributed by atoms with Crippen LogP contribution in [0.3, 0.4) is 0 Å². The van der Waals surface area contributed by atoms with Crippen LogP contribution >= 0.6 is 11.3 Å². The van der Waals surface area contributed by atoms with E-state index in [1.54, 1.807) is 11.0 Å². The summed E-state index contributed by atoms with van der Waals surface area (Å²) in [7, 11) is 0. The molecule has 1 aliphatic carbocycles. The van der Waals surface area contributed by atoms with Crippen LogP contribution in [-0.4, -0.2) is 28.0 Å². The molecular weight excluding hydrogens is 486 g/mol. The predicted octanol–water partition coefficient (Wildman–Crippen LogP) is 7.07. The molecule has 0 spiro atoms. The number of anilines is 2. The lowest BCUT2D eigenvalue weighted by atomic mass is 9.82. The monoisotopic (exact) mass is 517 g/mol. The molecule has 1 amide bonds. The van der Waals surface area contributed by atoms with Gasteiger partial charge in [-0.1, -0.05) is 25.1 Å². The summed E-state index contributed by atoms with van der Waals surface area (Å²) in [6, 6.07) is 14.7. The summed E-state index contributed by atoms with van der Waals surface area (Å²) >= 11 is 1.19. The van der Waals surface area contributed by atoms with Crippen molar-refractivity contribution in [1.82, 2.24) is 4.98 Å². The highest BCUT2D eigenvalue weighted by Crippen LogP contribution is 2.40. The first-order chi connectivity index (χ1) is 17.7. The Hall–Kier alpha value is -3.65. The third-order valence-corrected chi connectivity index (χ3v) is 8.31. The van der Waals surface area contributed by atoms with Crippen LogP contribution in [0.15, 0.2) is 52.9 Å². The van der Waals surface area contributed by atoms with Gasteiger partial charge in [0.2, 0.25) is 11.8 Å². The number of nitrogens with zero attached hydrogens (tertiary/aromatic N) is 2. The van der Waals surface area contributed by atoms with Crippen LogP contribution in [0.1, 0.15) is 56.1 Å². The molecule has 0 atom stereocenters. The number of carboxylic acids is 1. The van der Waals surface area contributed by atoms with Crippen molar-refractivity contribution in [2.75, 3.05) is 10.6 Å². The summed E-state index contributed by atoms with van der Waals surface area (Å²) in [5, 5.41) is 10.0. The molecule has 0 unspecified atom stereocenters. The van der Waals surface area contributed by atoms with Gasteiger partial charge < -0.3 is 20.2 Å². The minimum atomic E-state index is -1.03. The van der Waals surface area contributed by atoms with Crippen molar-refractivity contribution in [3.8, 4) is 21.9 Å². The number of rotatable bonds is 6. The Bertz CT molecular complexity index is 1450. The van der Waals surface area contributed by atoms with Gasteiger partial charge in [-0.05, 0) is 81.3 Å². The molecule has 4 aromatic rings. The molecule has 8 heteroatoms. The Morgan fingerprint density at radius 1 is 1.08 bits per heavy atom. The van der Waals surface area contributed by atoms with Gasteiger partial charge >= 0.3 is 5.97 Å². The quantitative estimate of drug-likeness (QED) is 0.265. The zero-order valence-corrected chi connectivity index (χ0v) is 22.0. The molecule has 2 aromatic carbocycles. The van der Waals surface area contributed by atoms with Crippen molar-refractivity contribution < 1.29 is 19.1 Å². The predicted molar refractivity (Wildman–Crippen MR) is 148 cm³/mol. The molecule has 1 fully saturated rings. The number of para-hydroxylation sites is 1. The van der Waals surface area contributed by atoms with E-state index in [-0.39, 0.29) is 22.7 Å². The SMILES string of the molecule is CC1CCC(C(=O)N(c2cc(-c3ccc(-c4nc5c(N)cccc5o4)cc3)sc2C(=O)O)C(C)C)CC1. The Labute approximate surface area is 219 Å². The fourth-order valence-corrected chi connectivity index (χ4v) is 6.07. The number of hydrogen-bond acceptors (Lipinski definition) is 6. The Kier molecular flexibility index (Phi) is 6.77. The number of fused-ring (bicyclic) bond motifs is 1. The van der Waals surface area contributed by atoms with Gasteiger partial charge in [0.1, 0.15) is 10.4 Å². The molecular formula is C29H31N3O4S. The van der Waals surface area contributed by atoms with E-state index < -0.39 is 5.97 Å². The number of amides is 1. The summed E-state index contributed by atoms with van der Waals surface area (Å²) in [5.41, 5.74) is 9.95. The number of benzene rings is 2. The second-order valence-corrected chi connectivity index (χ2v) is 11.2. The molecule has 192 valence electrons. The molecule has 0 aliphatic heterocycles. The van der Waals surface area contributed by atoms with Crippen LogP contribution in [0.2, 0.25) is 0 Å². The van der Waals surface area contributed by atoms with Crippen LogP contribution in [0, 0.1) is 11.8 Å². The third kappa shape index (κ3) is 4.85. The maximum atomic E-state index is 13.6. The van der Waals surface area contributed by atoms with E-state index in [1.807, 2.05) is 56.3 Å². The molecule has 0 radical (unpaired) electrons. The lowest BCUT2D eigenvalue weighted by Crippen LogP contribution is -2.42. The zero-order chi connectivity index (χ0) is 26.3. The Balaban J connectivity index is 1.46. The molecule has 3 N–H and O–H groups in total. The standard InChI is InChI=1S/C29H31N3O4S/c1-16(2)32(28(33)20-9-7-17(3)8-10-20)22-15-24(37-26(22)29(34)35)18-11-13-19(14-12-18)27-31-25-21(30)5-4-6-23(25)36-27/h4-6,11-17,20H,7-10,30H2,1-3H3,(H,34,35). The van der Waals surface area contributed by atoms with Crippen molar-refractivity contribution >= 4 is 45.7 Å². The van der Waals surface area contributed by atoms with Gasteiger partial charge in [-0.2, -0.15) is 0 Å². The number of nitrogen functional groups attached to an aromatic ring is 1. The largest absolute Gasteiger partial charge is 0.477 e. The average molecular weight is 518 g/mol. The first-order valence-electron chi connectivity index (χ1n) is 12.7. The maximum absolute atomic E-state index is 13.6. The first kappa shape index (κ1) is 25.0. The maximum Gasteiger partial charge on any atom is 0.348 e. The molecule has 37 heavy (non-hydrogen) atoms. The van der Waals surface area contributed by atoms with Crippen molar-refractivity contribution in [2.45, 2.75) is 52.5 Å². The number of thiophene rings is 1. The van der Waals surface area contributed by atoms with Gasteiger partial charge in [-0.3, -0.25) is 4.79 Å². The number of hydrogen-bond donors (Lipinski definition) is 2. The normalized spacial score (nSPS) is 17.8. The fraction of sp³-hybridized carbons (Fsp3) is 0.345. The van der Waals surface area contributed by atoms with Crippen LogP contribution in [0.4, 0.5) is 11.4 Å². The lowest BCUT2D eigenvalue weighted by molar-refractivity contribution is -0.123. The van der Waals surface area contributed by atoms with Gasteiger partial charge in [0.25, 0.3) is 0 Å². The highest BCUT2D eigenvalue weighted by molar-refractivity contribution is 7.18. The van der Waals surface area contributed by atoms with E-state index in [0.29, 0.717) is 34.3 Å². The number of carbonyl (C=O) groups is 2. The van der Waals surface area contributed by atoms with Gasteiger partial charge in [-0.25, -0.2) is 9.78 Å². The van der Waals surface area contributed by atoms with Gasteiger partial charge in [0.05, 0.1) is 11.4 Å². The number of carbonyl (C=O) groups excluding carboxylic acids is 1. The highest BCUT2D eigenvalue weighted by Gasteiger charge is 2.33. The first-order valence-corrected chi connectivity index (χ1v) is 13.5. The fourth-order valence-electron chi connectivity index (χ4n) is 5.08. The summed E-state index contributed by atoms with van der Waals surface area (Å²) in [4.78, 5) is 33.0. The number of nitrogens with two attached hydrogens (primary N) is 1. The summed E-state index contributed by atoms with van der Waals surface area (Å²) in [6.45, 7) is 6.10. The lowest BCUT2D eigenvalue weighted by Gasteiger charge is -2.33. The average Bonchev–Trinajstić information content (AvgIpc) is 3.50. The minimum Gasteiger partial charge on any atom is -0.477 e. The Morgan fingerprint density at radius 3 is 2.38 bits per heavy atom. The Morgan fingerprint density at radius 2 is 1.76 bits per heavy atom. The zero-order valence-electron chi connectivity index (χ0n) is 21.2. The molecule has 2 heterocycles. The van der Waals surface area contributed by atoms with Crippen molar-refractivity contribution in [2.24, 2.45) is 11.8 Å². The van der Waals surface area contributed by atoms with Gasteiger partial charge in [-0.15, -0.1) is 11.3 Å². The number of aromatic nitrogens is 1. The van der Waals surface area contributed by atoms with Crippen LogP contribution in [0.5, 0.6) is 0 Å². The van der Waals surface area contributed by atoms with Crippen molar-refractivity contribution in [3.05, 3.63) is 53.4 Å². The molecule has 1 aliphatic rings. The number of aromatic carboxylic acids is 1. The van der Waals surface area contributed by atoms with Crippen LogP contribution < -0.4 is 10.6 Å². The van der Waals surface area contributed by atoms with Gasteiger partial charge in [0, 0.05) is 22.4 Å². The third-order valence-electron chi connectivity index (χ3n) is 7.15. The second-order valence-electron chi connectivity index (χ2n) is 10.2. The van der Waals surface area contributed by atoms with E-state index >= 15 is 0 Å². The minimum absolute atomic E-state index is 0.0272. The summed E-state index contributed by atoms with van der Waals surface area (Å²) in [6.07, 6.45) is 3.77. The molecule has 7 nitrogen and oxygen atoms in total. The molecule has 5 rings (SSSR count). The van der Waals surface area contributed by atoms with E-state index in [9.17, 15) is 14.7 Å². The van der Waals surface area contributed by atoms with Crippen molar-refractivity contribution in [1.29, 1.82) is 0 Å². The molecule has 1 saturated carbocycles. The van der Waals surface area contributed by atoms with E-state index in [1.165, 1.54) is 11.3 Å². The molecule has 2 aromatic heterocycles. The van der Waals surface area contributed by atoms with E-state index in [0.717, 1.165) is 41.7 Å². The summed E-state index contributed by atoms with van der Waals surface area (Å²) < 4.78 is 5.87. The number of carboxylic acid groups (broad SMARTS) is 1. The van der Waals surface area contributed by atoms with Crippen LogP contribution in [-0.2, 0) is 4.79 Å². The topological polar surface area (TPSA) is 110 Å². The molecule has 0 saturated heterocycles. The van der Waals surface area contributed by atoms with Crippen molar-refractivity contribution in [3.63, 3.8) is 0 Å². The second kappa shape index (κ2) is 10.0. The summed E-state index contributed by atoms with van der Waals surface area (Å²) in [5.74, 6) is 0.0418. The smallest absolute Gasteiger partial charge is 0.348 e.